The van der Waals surface area contributed by atoms with Crippen LogP contribution in [0.15, 0.2) is 0 Å². The minimum absolute atomic E-state index is 0.203. The van der Waals surface area contributed by atoms with Gasteiger partial charge >= 0.3 is 13.2 Å². The molecule has 0 bridgehead atoms. The number of hydrogen-bond donors (Lipinski definition) is 0. The Morgan fingerprint density at radius 1 is 1.26 bits per heavy atom. The van der Waals surface area contributed by atoms with Gasteiger partial charge in [-0.15, -0.1) is 3.96 Å². The van der Waals surface area contributed by atoms with Crippen LogP contribution in [0.25, 0.3) is 0 Å². The van der Waals surface area contributed by atoms with E-state index in [4.69, 9.17) is 4.74 Å². The number of halogens is 4. The van der Waals surface area contributed by atoms with Crippen molar-refractivity contribution in [2.24, 2.45) is 0 Å². The molecule has 0 amide bonds. The smallest absolute Gasteiger partial charge is 0.462 e. The first-order valence-corrected chi connectivity index (χ1v) is 6.43. The van der Waals surface area contributed by atoms with Gasteiger partial charge in [-0.1, -0.05) is 0 Å². The first kappa shape index (κ1) is 17.9. The second-order valence-electron chi connectivity index (χ2n) is 3.52. The molecule has 1 aromatic rings. The van der Waals surface area contributed by atoms with Gasteiger partial charge in [-0.3, -0.25) is 0 Å². The molecule has 1 heterocycles. The first-order chi connectivity index (χ1) is 8.61. The van der Waals surface area contributed by atoms with E-state index in [1.54, 1.807) is 11.5 Å². The number of carbonyl (C=O) groups excluding carboxylic acids is 1. The first-order valence-electron chi connectivity index (χ1n) is 5.66. The molecule has 0 aromatic carbocycles. The molecular formula is C10H16BF4NO2S. The highest BCUT2D eigenvalue weighted by Gasteiger charge is 2.25. The SMILES string of the molecule is CCOC(=O)c1c(C)s[n+](CC)c1C.F[B-](F)(F)F. The van der Waals surface area contributed by atoms with Crippen LogP contribution in [0, 0.1) is 13.8 Å². The molecule has 0 atom stereocenters. The third-order valence-corrected chi connectivity index (χ3v) is 3.33. The van der Waals surface area contributed by atoms with E-state index >= 15 is 0 Å². The van der Waals surface area contributed by atoms with Crippen molar-refractivity contribution >= 4 is 24.8 Å². The summed E-state index contributed by atoms with van der Waals surface area (Å²) in [5.41, 5.74) is 1.74. The molecule has 0 unspecified atom stereocenters. The van der Waals surface area contributed by atoms with Gasteiger partial charge in [0, 0.05) is 6.92 Å². The Balaban J connectivity index is 0.000000555. The molecular weight excluding hydrogens is 285 g/mol. The molecule has 0 aliphatic carbocycles. The number of esters is 1. The van der Waals surface area contributed by atoms with E-state index in [1.165, 1.54) is 0 Å². The molecule has 0 spiro atoms. The summed E-state index contributed by atoms with van der Waals surface area (Å²) >= 11 is 1.61. The highest BCUT2D eigenvalue weighted by atomic mass is 32.1. The molecule has 1 rings (SSSR count). The van der Waals surface area contributed by atoms with Gasteiger partial charge in [-0.25, -0.2) is 4.79 Å². The summed E-state index contributed by atoms with van der Waals surface area (Å²) in [4.78, 5) is 12.6. The number of aromatic nitrogens is 1. The third-order valence-electron chi connectivity index (χ3n) is 2.10. The van der Waals surface area contributed by atoms with Gasteiger partial charge in [-0.2, -0.15) is 0 Å². The summed E-state index contributed by atoms with van der Waals surface area (Å²) in [6, 6.07) is 0. The fraction of sp³-hybridized carbons (Fsp3) is 0.600. The topological polar surface area (TPSA) is 30.2 Å². The van der Waals surface area contributed by atoms with Crippen LogP contribution in [0.1, 0.15) is 34.8 Å². The van der Waals surface area contributed by atoms with Crippen LogP contribution in [0.5, 0.6) is 0 Å². The number of ether oxygens (including phenoxy) is 1. The molecule has 19 heavy (non-hydrogen) atoms. The zero-order valence-corrected chi connectivity index (χ0v) is 12.0. The molecule has 0 N–H and O–H groups in total. The second kappa shape index (κ2) is 7.47. The number of rotatable bonds is 3. The lowest BCUT2D eigenvalue weighted by Crippen LogP contribution is -2.30. The van der Waals surface area contributed by atoms with Crippen molar-refractivity contribution in [3.05, 3.63) is 16.1 Å². The van der Waals surface area contributed by atoms with Gasteiger partial charge in [0.25, 0.3) is 0 Å². The maximum atomic E-state index is 11.6. The summed E-state index contributed by atoms with van der Waals surface area (Å²) in [6.45, 7) is 9.13. The van der Waals surface area contributed by atoms with E-state index < -0.39 is 7.25 Å². The normalized spacial score (nSPS) is 10.7. The van der Waals surface area contributed by atoms with Crippen molar-refractivity contribution in [3.63, 3.8) is 0 Å². The number of nitrogens with zero attached hydrogens (tertiary/aromatic N) is 1. The Labute approximate surface area is 113 Å². The lowest BCUT2D eigenvalue weighted by molar-refractivity contribution is -0.631. The van der Waals surface area contributed by atoms with Crippen LogP contribution in [0.2, 0.25) is 0 Å². The van der Waals surface area contributed by atoms with Crippen molar-refractivity contribution in [3.8, 4) is 0 Å². The Morgan fingerprint density at radius 2 is 1.74 bits per heavy atom. The van der Waals surface area contributed by atoms with Crippen LogP contribution in [0.3, 0.4) is 0 Å². The van der Waals surface area contributed by atoms with E-state index in [0.717, 1.165) is 22.7 Å². The van der Waals surface area contributed by atoms with Gasteiger partial charge in [-0.05, 0) is 20.8 Å². The van der Waals surface area contributed by atoms with E-state index in [9.17, 15) is 22.1 Å². The van der Waals surface area contributed by atoms with Gasteiger partial charge in [0.15, 0.2) is 6.54 Å². The van der Waals surface area contributed by atoms with E-state index in [0.29, 0.717) is 6.61 Å². The Morgan fingerprint density at radius 3 is 2.05 bits per heavy atom. The van der Waals surface area contributed by atoms with Crippen molar-refractivity contribution in [1.29, 1.82) is 0 Å². The van der Waals surface area contributed by atoms with Gasteiger partial charge in [0.1, 0.15) is 17.1 Å². The van der Waals surface area contributed by atoms with Crippen LogP contribution >= 0.6 is 11.5 Å². The minimum atomic E-state index is -6.00. The largest absolute Gasteiger partial charge is 0.673 e. The molecule has 0 aliphatic heterocycles. The van der Waals surface area contributed by atoms with Gasteiger partial charge in [0.05, 0.1) is 11.5 Å². The van der Waals surface area contributed by atoms with E-state index in [1.807, 2.05) is 20.8 Å². The second-order valence-corrected chi connectivity index (χ2v) is 4.75. The van der Waals surface area contributed by atoms with E-state index in [2.05, 4.69) is 10.9 Å². The molecule has 110 valence electrons. The zero-order chi connectivity index (χ0) is 15.2. The summed E-state index contributed by atoms with van der Waals surface area (Å²) in [5, 5.41) is 0. The maximum absolute atomic E-state index is 11.6. The van der Waals surface area contributed by atoms with E-state index in [-0.39, 0.29) is 5.97 Å². The minimum Gasteiger partial charge on any atom is -0.462 e. The molecule has 0 fully saturated rings. The Bertz CT molecular complexity index is 428. The predicted octanol–water partition coefficient (Wildman–Crippen LogP) is 3.15. The number of hydrogen-bond acceptors (Lipinski definition) is 3. The lowest BCUT2D eigenvalue weighted by Gasteiger charge is -1.98. The molecule has 0 saturated carbocycles. The van der Waals surface area contributed by atoms with Crippen LogP contribution < -0.4 is 3.96 Å². The van der Waals surface area contributed by atoms with Crippen LogP contribution in [-0.4, -0.2) is 19.8 Å². The average molecular weight is 301 g/mol. The highest BCUT2D eigenvalue weighted by molar-refractivity contribution is 7.02. The quantitative estimate of drug-likeness (QED) is 0.371. The lowest BCUT2D eigenvalue weighted by atomic mass is 10.2. The Hall–Kier alpha value is -1.12. The van der Waals surface area contributed by atoms with Gasteiger partial charge in [0.2, 0.25) is 5.69 Å². The van der Waals surface area contributed by atoms with Crippen molar-refractivity contribution < 1.29 is 30.8 Å². The summed E-state index contributed by atoms with van der Waals surface area (Å²) in [5.74, 6) is -0.203. The van der Waals surface area contributed by atoms with Crippen molar-refractivity contribution in [2.45, 2.75) is 34.2 Å². The predicted molar refractivity (Wildman–Crippen MR) is 65.8 cm³/mol. The summed E-state index contributed by atoms with van der Waals surface area (Å²) in [7, 11) is -6.00. The van der Waals surface area contributed by atoms with Gasteiger partial charge < -0.3 is 22.0 Å². The number of aryl methyl sites for hydroxylation is 2. The van der Waals surface area contributed by atoms with Crippen molar-refractivity contribution in [2.75, 3.05) is 6.61 Å². The fourth-order valence-electron chi connectivity index (χ4n) is 1.46. The van der Waals surface area contributed by atoms with Crippen LogP contribution in [-0.2, 0) is 11.3 Å². The highest BCUT2D eigenvalue weighted by Crippen LogP contribution is 2.16. The molecule has 1 aromatic heterocycles. The molecule has 3 nitrogen and oxygen atoms in total. The zero-order valence-electron chi connectivity index (χ0n) is 11.2. The monoisotopic (exact) mass is 301 g/mol. The standard InChI is InChI=1S/C10H16NO2S.BF4/c1-5-11-7(3)9(8(4)14-11)10(12)13-6-2;2-1(3,4)5/h5-6H2,1-4H3;/q+1;-1. The average Bonchev–Trinajstić information content (AvgIpc) is 2.51. The Kier molecular flexibility index (Phi) is 7.03. The van der Waals surface area contributed by atoms with Crippen molar-refractivity contribution in [1.82, 2.24) is 0 Å². The molecule has 0 aliphatic rings. The molecule has 0 radical (unpaired) electrons. The third kappa shape index (κ3) is 6.56. The summed E-state index contributed by atoms with van der Waals surface area (Å²) < 4.78 is 46.1. The number of carbonyl (C=O) groups is 1. The maximum Gasteiger partial charge on any atom is 0.673 e. The fourth-order valence-corrected chi connectivity index (χ4v) is 2.47. The molecule has 0 saturated heterocycles. The molecule has 9 heteroatoms. The summed E-state index contributed by atoms with van der Waals surface area (Å²) in [6.07, 6.45) is 0. The van der Waals surface area contributed by atoms with Crippen LogP contribution in [0.4, 0.5) is 17.3 Å².